The Labute approximate surface area is 275 Å². The van der Waals surface area contributed by atoms with Gasteiger partial charge in [-0.25, -0.2) is 4.79 Å². The number of carbonyl (C=O) groups is 3. The number of piperazine rings is 2. The summed E-state index contributed by atoms with van der Waals surface area (Å²) in [6, 6.07) is 0.625. The number of likely N-dealkylation sites (N-methyl/N-ethyl adjacent to an activating group) is 2. The molecule has 3 saturated heterocycles. The molecule has 0 radical (unpaired) electrons. The average Bonchev–Trinajstić information content (AvgIpc) is 3.06. The first-order valence-electron chi connectivity index (χ1n) is 16.5. The number of hydrogen-bond donors (Lipinski definition) is 7. The second-order valence-electron chi connectivity index (χ2n) is 12.5. The molecule has 3 aliphatic rings. The lowest BCUT2D eigenvalue weighted by Gasteiger charge is -2.44. The van der Waals surface area contributed by atoms with Crippen molar-refractivity contribution < 1.29 is 29.3 Å². The van der Waals surface area contributed by atoms with Gasteiger partial charge in [-0.1, -0.05) is 0 Å². The van der Waals surface area contributed by atoms with Gasteiger partial charge in [0.25, 0.3) is 5.91 Å². The molecule has 47 heavy (non-hydrogen) atoms. The molecule has 3 aliphatic heterocycles. The van der Waals surface area contributed by atoms with Crippen LogP contribution in [0.5, 0.6) is 0 Å². The molecule has 3 fully saturated rings. The van der Waals surface area contributed by atoms with E-state index < -0.39 is 59.8 Å². The molecule has 0 aliphatic carbocycles. The van der Waals surface area contributed by atoms with Crippen molar-refractivity contribution >= 4 is 23.4 Å². The molecule has 17 nitrogen and oxygen atoms in total. The van der Waals surface area contributed by atoms with Crippen molar-refractivity contribution in [2.45, 2.75) is 49.8 Å². The molecule has 0 bridgehead atoms. The van der Waals surface area contributed by atoms with E-state index in [9.17, 15) is 29.4 Å². The molecule has 1 aromatic rings. The minimum Gasteiger partial charge on any atom is -0.390 e. The van der Waals surface area contributed by atoms with Gasteiger partial charge in [-0.3, -0.25) is 19.0 Å². The molecule has 6 atom stereocenters. The molecule has 0 spiro atoms. The highest BCUT2D eigenvalue weighted by molar-refractivity contribution is 5.90. The number of anilines is 1. The predicted molar refractivity (Wildman–Crippen MR) is 174 cm³/mol. The van der Waals surface area contributed by atoms with Gasteiger partial charge in [-0.2, -0.15) is 4.98 Å². The highest BCUT2D eigenvalue weighted by Gasteiger charge is 2.50. The zero-order valence-electron chi connectivity index (χ0n) is 27.5. The van der Waals surface area contributed by atoms with Gasteiger partial charge in [0, 0.05) is 77.4 Å². The van der Waals surface area contributed by atoms with Crippen LogP contribution in [0.1, 0.15) is 25.5 Å². The number of nitrogens with two attached hydrogens (primary N) is 1. The Hall–Kier alpha value is -3.03. The van der Waals surface area contributed by atoms with Gasteiger partial charge in [0.05, 0.1) is 18.7 Å². The lowest BCUT2D eigenvalue weighted by atomic mass is 9.82. The van der Waals surface area contributed by atoms with E-state index in [-0.39, 0.29) is 25.9 Å². The molecular formula is C30H52N10O7. The Balaban J connectivity index is 1.47. The SMILES string of the molecule is CNCC(=O)NC(CCN)C(=O)CC1C(C(=O)N2CCNCC2)OC(n2ccc(NCCCN3CCN(C)CC3)nc2=O)C(O)C1O. The van der Waals surface area contributed by atoms with E-state index in [0.717, 1.165) is 43.7 Å². The van der Waals surface area contributed by atoms with Crippen molar-refractivity contribution in [2.24, 2.45) is 11.7 Å². The molecule has 264 valence electrons. The van der Waals surface area contributed by atoms with Crippen LogP contribution in [0.4, 0.5) is 5.82 Å². The maximum atomic E-state index is 13.8. The van der Waals surface area contributed by atoms with Crippen LogP contribution >= 0.6 is 0 Å². The number of aromatic nitrogens is 2. The number of nitrogens with zero attached hydrogens (tertiary/aromatic N) is 5. The molecule has 0 saturated carbocycles. The maximum Gasteiger partial charge on any atom is 0.351 e. The summed E-state index contributed by atoms with van der Waals surface area (Å²) in [5.74, 6) is -2.12. The Kier molecular flexibility index (Phi) is 14.0. The summed E-state index contributed by atoms with van der Waals surface area (Å²) in [4.78, 5) is 63.0. The number of rotatable bonds is 15. The van der Waals surface area contributed by atoms with Crippen LogP contribution in [0.2, 0.25) is 0 Å². The second-order valence-corrected chi connectivity index (χ2v) is 12.5. The number of nitrogens with one attached hydrogen (secondary N) is 4. The number of amides is 2. The van der Waals surface area contributed by atoms with E-state index in [1.807, 2.05) is 0 Å². The number of aliphatic hydroxyl groups is 2. The Morgan fingerprint density at radius 3 is 2.51 bits per heavy atom. The maximum absolute atomic E-state index is 13.8. The van der Waals surface area contributed by atoms with Crippen molar-refractivity contribution in [1.29, 1.82) is 0 Å². The quantitative estimate of drug-likeness (QED) is 0.0889. The highest BCUT2D eigenvalue weighted by Crippen LogP contribution is 2.35. The molecule has 8 N–H and O–H groups in total. The number of Topliss-reactive ketones (excluding diaryl/α,β-unsaturated/α-hetero) is 1. The van der Waals surface area contributed by atoms with E-state index in [4.69, 9.17) is 10.5 Å². The van der Waals surface area contributed by atoms with Crippen LogP contribution in [0.15, 0.2) is 17.1 Å². The summed E-state index contributed by atoms with van der Waals surface area (Å²) >= 11 is 0. The normalized spacial score (nSPS) is 26.5. The summed E-state index contributed by atoms with van der Waals surface area (Å²) in [7, 11) is 3.71. The zero-order valence-corrected chi connectivity index (χ0v) is 27.5. The van der Waals surface area contributed by atoms with E-state index >= 15 is 0 Å². The van der Waals surface area contributed by atoms with Crippen LogP contribution in [0.25, 0.3) is 0 Å². The first-order chi connectivity index (χ1) is 22.6. The number of ketones is 1. The van der Waals surface area contributed by atoms with Gasteiger partial charge in [0.1, 0.15) is 18.0 Å². The minimum absolute atomic E-state index is 0.0122. The number of carbonyl (C=O) groups excluding carboxylic acids is 3. The third-order valence-electron chi connectivity index (χ3n) is 9.04. The molecule has 1 aromatic heterocycles. The van der Waals surface area contributed by atoms with E-state index in [2.05, 4.69) is 43.1 Å². The lowest BCUT2D eigenvalue weighted by molar-refractivity contribution is -0.230. The fourth-order valence-electron chi connectivity index (χ4n) is 6.25. The second kappa shape index (κ2) is 17.9. The first-order valence-corrected chi connectivity index (χ1v) is 16.5. The molecule has 17 heteroatoms. The third kappa shape index (κ3) is 9.99. The first kappa shape index (κ1) is 36.8. The summed E-state index contributed by atoms with van der Waals surface area (Å²) < 4.78 is 7.18. The monoisotopic (exact) mass is 664 g/mol. The van der Waals surface area contributed by atoms with Crippen LogP contribution in [0.3, 0.4) is 0 Å². The van der Waals surface area contributed by atoms with Gasteiger partial charge in [0.15, 0.2) is 12.0 Å². The number of hydrogen-bond acceptors (Lipinski definition) is 14. The van der Waals surface area contributed by atoms with Gasteiger partial charge in [-0.05, 0) is 46.1 Å². The van der Waals surface area contributed by atoms with Gasteiger partial charge < -0.3 is 56.7 Å². The molecule has 4 rings (SSSR count). The third-order valence-corrected chi connectivity index (χ3v) is 9.04. The van der Waals surface area contributed by atoms with Crippen LogP contribution in [-0.4, -0.2) is 169 Å². The standard InChI is InChI=1S/C30H52N10O7/c1-32-19-24(42)35-21(4-6-31)22(41)18-20-25(43)26(44)29(47-27(20)28(45)39-12-8-33-9-13-39)40-11-5-23(36-30(40)46)34-7-3-10-38-16-14-37(2)15-17-38/h5,11,20-21,25-27,29,32-33,43-44H,3-4,6-10,12-19,31H2,1-2H3,(H,35,42)(H,34,36,46). The van der Waals surface area contributed by atoms with E-state index in [1.165, 1.54) is 6.20 Å². The number of ether oxygens (including phenoxy) is 1. The molecule has 6 unspecified atom stereocenters. The minimum atomic E-state index is -1.66. The van der Waals surface area contributed by atoms with Crippen molar-refractivity contribution in [1.82, 2.24) is 40.2 Å². The Morgan fingerprint density at radius 2 is 1.85 bits per heavy atom. The van der Waals surface area contributed by atoms with E-state index in [1.54, 1.807) is 18.0 Å². The summed E-state index contributed by atoms with van der Waals surface area (Å²) in [5, 5.41) is 34.3. The molecular weight excluding hydrogens is 612 g/mol. The summed E-state index contributed by atoms with van der Waals surface area (Å²) in [6.45, 7) is 7.65. The average molecular weight is 665 g/mol. The van der Waals surface area contributed by atoms with E-state index in [0.29, 0.717) is 38.5 Å². The smallest absolute Gasteiger partial charge is 0.351 e. The molecule has 0 aromatic carbocycles. The predicted octanol–water partition coefficient (Wildman–Crippen LogP) is -4.03. The van der Waals surface area contributed by atoms with Gasteiger partial charge in [-0.15, -0.1) is 0 Å². The lowest BCUT2D eigenvalue weighted by Crippen LogP contribution is -2.60. The van der Waals surface area contributed by atoms with Crippen molar-refractivity contribution in [3.63, 3.8) is 0 Å². The molecule has 4 heterocycles. The Bertz CT molecular complexity index is 1240. The van der Waals surface area contributed by atoms with Crippen LogP contribution in [-0.2, 0) is 19.1 Å². The van der Waals surface area contributed by atoms with Crippen LogP contribution < -0.4 is 32.7 Å². The fourth-order valence-corrected chi connectivity index (χ4v) is 6.25. The topological polar surface area (TPSA) is 220 Å². The number of aliphatic hydroxyl groups excluding tert-OH is 2. The van der Waals surface area contributed by atoms with Gasteiger partial charge >= 0.3 is 5.69 Å². The highest BCUT2D eigenvalue weighted by atomic mass is 16.5. The van der Waals surface area contributed by atoms with Gasteiger partial charge in [0.2, 0.25) is 5.91 Å². The fraction of sp³-hybridized carbons (Fsp3) is 0.767. The zero-order chi connectivity index (χ0) is 33.9. The van der Waals surface area contributed by atoms with Crippen molar-refractivity contribution in [3.05, 3.63) is 22.7 Å². The summed E-state index contributed by atoms with van der Waals surface area (Å²) in [6.07, 6.45) is -4.01. The van der Waals surface area contributed by atoms with Crippen molar-refractivity contribution in [2.75, 3.05) is 97.9 Å². The molecule has 2 amide bonds. The summed E-state index contributed by atoms with van der Waals surface area (Å²) in [5.41, 5.74) is 4.97. The Morgan fingerprint density at radius 1 is 1.13 bits per heavy atom. The van der Waals surface area contributed by atoms with Crippen molar-refractivity contribution in [3.8, 4) is 0 Å². The largest absolute Gasteiger partial charge is 0.390 e. The van der Waals surface area contributed by atoms with Crippen LogP contribution in [0, 0.1) is 5.92 Å².